The molecule has 2 N–H and O–H groups in total. The lowest BCUT2D eigenvalue weighted by Gasteiger charge is -2.28. The number of carbonyl (C=O) groups is 1. The van der Waals surface area contributed by atoms with Crippen molar-refractivity contribution in [3.05, 3.63) is 0 Å². The van der Waals surface area contributed by atoms with Crippen molar-refractivity contribution < 1.29 is 9.53 Å². The quantitative estimate of drug-likeness (QED) is 0.704. The molecule has 0 aromatic rings. The Morgan fingerprint density at radius 1 is 1.60 bits per heavy atom. The molecule has 0 aromatic carbocycles. The molecular weight excluding hydrogens is 192 g/mol. The van der Waals surface area contributed by atoms with Gasteiger partial charge in [0.05, 0.1) is 6.61 Å². The van der Waals surface area contributed by atoms with Gasteiger partial charge in [-0.25, -0.2) is 0 Å². The van der Waals surface area contributed by atoms with Gasteiger partial charge in [0.2, 0.25) is 5.91 Å². The van der Waals surface area contributed by atoms with Crippen molar-refractivity contribution in [2.75, 3.05) is 26.3 Å². The highest BCUT2D eigenvalue weighted by atomic mass is 16.5. The van der Waals surface area contributed by atoms with E-state index in [1.807, 2.05) is 0 Å². The first-order chi connectivity index (χ1) is 7.09. The summed E-state index contributed by atoms with van der Waals surface area (Å²) < 4.78 is 5.35. The molecule has 1 rings (SSSR count). The third-order valence-corrected chi connectivity index (χ3v) is 2.89. The number of hydrogen-bond donors (Lipinski definition) is 1. The van der Waals surface area contributed by atoms with E-state index < -0.39 is 0 Å². The molecule has 1 unspecified atom stereocenters. The summed E-state index contributed by atoms with van der Waals surface area (Å²) in [5, 5.41) is 0. The molecule has 1 aliphatic rings. The normalized spacial score (nSPS) is 21.5. The fourth-order valence-electron chi connectivity index (χ4n) is 1.87. The van der Waals surface area contributed by atoms with E-state index in [1.54, 1.807) is 0 Å². The summed E-state index contributed by atoms with van der Waals surface area (Å²) in [5.74, 6) is 0.406. The topological polar surface area (TPSA) is 55.6 Å². The first kappa shape index (κ1) is 12.5. The second kappa shape index (κ2) is 6.08. The summed E-state index contributed by atoms with van der Waals surface area (Å²) in [6.45, 7) is 7.83. The molecule has 15 heavy (non-hydrogen) atoms. The van der Waals surface area contributed by atoms with Crippen LogP contribution in [0.25, 0.3) is 0 Å². The highest BCUT2D eigenvalue weighted by molar-refractivity contribution is 5.73. The lowest BCUT2D eigenvalue weighted by molar-refractivity contribution is -0.118. The molecule has 0 aliphatic carbocycles. The van der Waals surface area contributed by atoms with Crippen LogP contribution in [0.15, 0.2) is 0 Å². The van der Waals surface area contributed by atoms with Crippen LogP contribution in [0.4, 0.5) is 0 Å². The zero-order valence-corrected chi connectivity index (χ0v) is 9.74. The summed E-state index contributed by atoms with van der Waals surface area (Å²) in [5.41, 5.74) is 5.16. The Labute approximate surface area is 91.8 Å². The molecule has 88 valence electrons. The van der Waals surface area contributed by atoms with Crippen LogP contribution in [0.2, 0.25) is 0 Å². The average molecular weight is 214 g/mol. The number of hydrogen-bond acceptors (Lipinski definition) is 3. The van der Waals surface area contributed by atoms with E-state index in [0.717, 1.165) is 32.7 Å². The Kier molecular flexibility index (Phi) is 5.05. The molecule has 4 nitrogen and oxygen atoms in total. The van der Waals surface area contributed by atoms with E-state index in [-0.39, 0.29) is 5.91 Å². The van der Waals surface area contributed by atoms with Crippen molar-refractivity contribution in [3.8, 4) is 0 Å². The van der Waals surface area contributed by atoms with E-state index >= 15 is 0 Å². The van der Waals surface area contributed by atoms with Gasteiger partial charge in [0.25, 0.3) is 0 Å². The van der Waals surface area contributed by atoms with Crippen LogP contribution in [-0.4, -0.2) is 43.2 Å². The van der Waals surface area contributed by atoms with Crippen LogP contribution in [0.3, 0.4) is 0 Å². The van der Waals surface area contributed by atoms with Crippen LogP contribution in [0.5, 0.6) is 0 Å². The molecule has 1 saturated heterocycles. The summed E-state index contributed by atoms with van der Waals surface area (Å²) in [6.07, 6.45) is 1.59. The zero-order chi connectivity index (χ0) is 11.3. The number of rotatable bonds is 6. The minimum Gasteiger partial charge on any atom is -0.381 e. The number of amides is 1. The van der Waals surface area contributed by atoms with E-state index in [2.05, 4.69) is 18.7 Å². The molecule has 1 amide bonds. The van der Waals surface area contributed by atoms with Gasteiger partial charge >= 0.3 is 0 Å². The molecule has 4 heteroatoms. The van der Waals surface area contributed by atoms with E-state index in [4.69, 9.17) is 10.5 Å². The third-order valence-electron chi connectivity index (χ3n) is 2.89. The Morgan fingerprint density at radius 2 is 2.33 bits per heavy atom. The predicted octanol–water partition coefficient (Wildman–Crippen LogP) is 0.609. The van der Waals surface area contributed by atoms with Gasteiger partial charge in [-0.15, -0.1) is 0 Å². The van der Waals surface area contributed by atoms with E-state index in [1.165, 1.54) is 0 Å². The molecule has 0 bridgehead atoms. The van der Waals surface area contributed by atoms with Crippen molar-refractivity contribution in [1.82, 2.24) is 4.90 Å². The lowest BCUT2D eigenvalue weighted by Crippen LogP contribution is -2.37. The zero-order valence-electron chi connectivity index (χ0n) is 9.74. The number of ether oxygens (including phenoxy) is 1. The van der Waals surface area contributed by atoms with Crippen LogP contribution < -0.4 is 5.73 Å². The second-order valence-electron chi connectivity index (χ2n) is 4.53. The number of nitrogens with zero attached hydrogens (tertiary/aromatic N) is 1. The summed E-state index contributed by atoms with van der Waals surface area (Å²) in [6, 6.07) is 0.463. The van der Waals surface area contributed by atoms with Crippen molar-refractivity contribution in [2.45, 2.75) is 32.7 Å². The Balaban J connectivity index is 2.32. The maximum atomic E-state index is 10.7. The van der Waals surface area contributed by atoms with Gasteiger partial charge in [0, 0.05) is 32.2 Å². The fraction of sp³-hybridized carbons (Fsp3) is 0.909. The molecule has 0 radical (unpaired) electrons. The van der Waals surface area contributed by atoms with Crippen LogP contribution >= 0.6 is 0 Å². The van der Waals surface area contributed by atoms with E-state index in [0.29, 0.717) is 18.4 Å². The number of carbonyl (C=O) groups excluding carboxylic acids is 1. The minimum atomic E-state index is -0.219. The monoisotopic (exact) mass is 214 g/mol. The van der Waals surface area contributed by atoms with Gasteiger partial charge in [0.15, 0.2) is 0 Å². The number of primary amides is 1. The van der Waals surface area contributed by atoms with E-state index in [9.17, 15) is 4.79 Å². The van der Waals surface area contributed by atoms with Crippen LogP contribution in [-0.2, 0) is 9.53 Å². The molecule has 1 heterocycles. The summed E-state index contributed by atoms with van der Waals surface area (Å²) in [7, 11) is 0. The molecular formula is C11H22N2O2. The fourth-order valence-corrected chi connectivity index (χ4v) is 1.87. The van der Waals surface area contributed by atoms with Crippen LogP contribution in [0, 0.1) is 5.92 Å². The van der Waals surface area contributed by atoms with Crippen molar-refractivity contribution in [3.63, 3.8) is 0 Å². The first-order valence-corrected chi connectivity index (χ1v) is 5.69. The van der Waals surface area contributed by atoms with Gasteiger partial charge in [0.1, 0.15) is 0 Å². The average Bonchev–Trinajstić information content (AvgIpc) is 2.63. The van der Waals surface area contributed by atoms with Crippen molar-refractivity contribution in [1.29, 1.82) is 0 Å². The summed E-state index contributed by atoms with van der Waals surface area (Å²) in [4.78, 5) is 13.0. The second-order valence-corrected chi connectivity index (χ2v) is 4.53. The van der Waals surface area contributed by atoms with Crippen LogP contribution in [0.1, 0.15) is 26.7 Å². The molecule has 0 spiro atoms. The van der Waals surface area contributed by atoms with Gasteiger partial charge in [-0.05, 0) is 26.2 Å². The lowest BCUT2D eigenvalue weighted by atomic mass is 10.1. The highest BCUT2D eigenvalue weighted by Crippen LogP contribution is 2.15. The Bertz CT molecular complexity index is 201. The maximum Gasteiger partial charge on any atom is 0.218 e. The molecule has 0 saturated carbocycles. The van der Waals surface area contributed by atoms with Gasteiger partial charge < -0.3 is 15.4 Å². The Morgan fingerprint density at radius 3 is 2.80 bits per heavy atom. The number of nitrogens with two attached hydrogens (primary N) is 1. The maximum absolute atomic E-state index is 10.7. The molecule has 0 aromatic heterocycles. The molecule has 1 atom stereocenters. The smallest absolute Gasteiger partial charge is 0.218 e. The van der Waals surface area contributed by atoms with Gasteiger partial charge in [-0.2, -0.15) is 0 Å². The largest absolute Gasteiger partial charge is 0.381 e. The minimum absolute atomic E-state index is 0.219. The van der Waals surface area contributed by atoms with Gasteiger partial charge in [-0.1, -0.05) is 0 Å². The predicted molar refractivity (Wildman–Crippen MR) is 59.4 cm³/mol. The van der Waals surface area contributed by atoms with Gasteiger partial charge in [-0.3, -0.25) is 4.79 Å². The SMILES string of the molecule is CC(C)N(CCC(N)=O)CC1CCOC1. The van der Waals surface area contributed by atoms with Crippen molar-refractivity contribution >= 4 is 5.91 Å². The van der Waals surface area contributed by atoms with Crippen molar-refractivity contribution in [2.24, 2.45) is 11.7 Å². The first-order valence-electron chi connectivity index (χ1n) is 5.69. The standard InChI is InChI=1S/C11H22N2O2/c1-9(2)13(5-3-11(12)14)7-10-4-6-15-8-10/h9-10H,3-8H2,1-2H3,(H2,12,14). The highest BCUT2D eigenvalue weighted by Gasteiger charge is 2.20. The third kappa shape index (κ3) is 4.62. The molecule has 1 fully saturated rings. The summed E-state index contributed by atoms with van der Waals surface area (Å²) >= 11 is 0. The Hall–Kier alpha value is -0.610. The molecule has 1 aliphatic heterocycles.